The van der Waals surface area contributed by atoms with Gasteiger partial charge in [-0.15, -0.1) is 24.5 Å². The van der Waals surface area contributed by atoms with Crippen LogP contribution in [0.15, 0.2) is 54.2 Å². The molecular formula is C17H12F3N5OS. The van der Waals surface area contributed by atoms with Crippen LogP contribution in [0, 0.1) is 0 Å². The van der Waals surface area contributed by atoms with Crippen LogP contribution in [0.25, 0.3) is 16.9 Å². The smallest absolute Gasteiger partial charge is 0.405 e. The maximum absolute atomic E-state index is 12.7. The zero-order valence-corrected chi connectivity index (χ0v) is 14.5. The van der Waals surface area contributed by atoms with Crippen LogP contribution in [0.1, 0.15) is 5.01 Å². The van der Waals surface area contributed by atoms with Gasteiger partial charge in [0.2, 0.25) is 0 Å². The van der Waals surface area contributed by atoms with E-state index in [2.05, 4.69) is 25.1 Å². The van der Waals surface area contributed by atoms with E-state index in [1.54, 1.807) is 30.6 Å². The summed E-state index contributed by atoms with van der Waals surface area (Å²) in [5.74, 6) is 0.297. The van der Waals surface area contributed by atoms with Gasteiger partial charge in [-0.2, -0.15) is 9.61 Å². The fourth-order valence-electron chi connectivity index (χ4n) is 2.54. The number of nitrogens with zero attached hydrogens (tertiary/aromatic N) is 4. The molecule has 138 valence electrons. The minimum Gasteiger partial charge on any atom is -0.405 e. The van der Waals surface area contributed by atoms with Crippen LogP contribution in [-0.2, 0) is 6.54 Å². The molecule has 0 radical (unpaired) electrons. The molecule has 0 unspecified atom stereocenters. The molecule has 10 heteroatoms. The van der Waals surface area contributed by atoms with Crippen molar-refractivity contribution >= 4 is 22.8 Å². The highest BCUT2D eigenvalue weighted by Gasteiger charge is 2.32. The Labute approximate surface area is 155 Å². The van der Waals surface area contributed by atoms with Crippen molar-refractivity contribution in [2.45, 2.75) is 12.9 Å². The Hall–Kier alpha value is -3.14. The molecule has 3 aromatic heterocycles. The Bertz CT molecular complexity index is 1060. The van der Waals surface area contributed by atoms with Gasteiger partial charge in [-0.25, -0.2) is 9.97 Å². The van der Waals surface area contributed by atoms with E-state index in [4.69, 9.17) is 0 Å². The summed E-state index contributed by atoms with van der Waals surface area (Å²) in [6.07, 6.45) is -1.46. The number of imidazole rings is 1. The summed E-state index contributed by atoms with van der Waals surface area (Å²) in [6, 6.07) is 9.16. The number of hydrogen-bond acceptors (Lipinski definition) is 6. The summed E-state index contributed by atoms with van der Waals surface area (Å²) in [5.41, 5.74) is 1.13. The zero-order chi connectivity index (χ0) is 18.9. The molecule has 0 spiro atoms. The van der Waals surface area contributed by atoms with E-state index in [-0.39, 0.29) is 11.3 Å². The van der Waals surface area contributed by atoms with Crippen molar-refractivity contribution in [2.24, 2.45) is 0 Å². The monoisotopic (exact) mass is 391 g/mol. The lowest BCUT2D eigenvalue weighted by Gasteiger charge is -2.13. The minimum absolute atomic E-state index is 0.233. The average molecular weight is 391 g/mol. The van der Waals surface area contributed by atoms with Gasteiger partial charge in [0.15, 0.2) is 5.65 Å². The molecular weight excluding hydrogens is 379 g/mol. The molecule has 0 saturated carbocycles. The van der Waals surface area contributed by atoms with E-state index in [9.17, 15) is 13.2 Å². The minimum atomic E-state index is -4.78. The summed E-state index contributed by atoms with van der Waals surface area (Å²) < 4.78 is 43.7. The number of aromatic nitrogens is 4. The Morgan fingerprint density at radius 3 is 2.74 bits per heavy atom. The predicted octanol–water partition coefficient (Wildman–Crippen LogP) is 4.36. The third kappa shape index (κ3) is 3.85. The normalized spacial score (nSPS) is 11.7. The largest absolute Gasteiger partial charge is 0.573 e. The molecule has 6 nitrogen and oxygen atoms in total. The number of rotatable bonds is 5. The van der Waals surface area contributed by atoms with Crippen LogP contribution in [0.5, 0.6) is 5.75 Å². The van der Waals surface area contributed by atoms with Crippen LogP contribution in [0.4, 0.5) is 19.0 Å². The molecule has 0 aliphatic carbocycles. The average Bonchev–Trinajstić information content (AvgIpc) is 3.28. The molecule has 0 saturated heterocycles. The topological polar surface area (TPSA) is 64.3 Å². The van der Waals surface area contributed by atoms with Crippen LogP contribution in [0.3, 0.4) is 0 Å². The van der Waals surface area contributed by atoms with Crippen LogP contribution < -0.4 is 10.1 Å². The van der Waals surface area contributed by atoms with Gasteiger partial charge in [-0.1, -0.05) is 12.1 Å². The second-order valence-electron chi connectivity index (χ2n) is 5.46. The number of thiazole rings is 1. The second kappa shape index (κ2) is 6.88. The van der Waals surface area contributed by atoms with Crippen LogP contribution >= 0.6 is 11.3 Å². The maximum atomic E-state index is 12.7. The van der Waals surface area contributed by atoms with Gasteiger partial charge in [0.1, 0.15) is 16.6 Å². The molecule has 0 aliphatic rings. The van der Waals surface area contributed by atoms with E-state index in [0.29, 0.717) is 23.7 Å². The van der Waals surface area contributed by atoms with Gasteiger partial charge in [0, 0.05) is 17.1 Å². The lowest BCUT2D eigenvalue weighted by molar-refractivity contribution is -0.274. The van der Waals surface area contributed by atoms with Crippen LogP contribution in [0.2, 0.25) is 0 Å². The first-order chi connectivity index (χ1) is 13.0. The molecule has 1 N–H and O–H groups in total. The third-order valence-electron chi connectivity index (χ3n) is 3.66. The first-order valence-electron chi connectivity index (χ1n) is 7.82. The number of nitrogens with one attached hydrogen (secondary N) is 1. The van der Waals surface area contributed by atoms with Gasteiger partial charge in [0.05, 0.1) is 18.4 Å². The Morgan fingerprint density at radius 2 is 1.96 bits per heavy atom. The first kappa shape index (κ1) is 17.3. The number of halogens is 3. The molecule has 0 amide bonds. The molecule has 0 fully saturated rings. The standard InChI is InChI=1S/C17H12F3N5OS/c18-17(19,20)26-13-4-2-1-3-11(13)12-5-6-14-22-9-15(25(14)24-12)23-10-16-21-7-8-27-16/h1-9,23H,10H2. The molecule has 1 aromatic carbocycles. The highest BCUT2D eigenvalue weighted by Crippen LogP contribution is 2.32. The fraction of sp³-hybridized carbons (Fsp3) is 0.118. The Balaban J connectivity index is 1.68. The third-order valence-corrected chi connectivity index (χ3v) is 4.43. The summed E-state index contributed by atoms with van der Waals surface area (Å²) in [6.45, 7) is 0.491. The van der Waals surface area contributed by atoms with Gasteiger partial charge in [-0.05, 0) is 24.3 Å². The van der Waals surface area contributed by atoms with Crippen molar-refractivity contribution in [3.8, 4) is 17.0 Å². The van der Waals surface area contributed by atoms with Crippen molar-refractivity contribution in [3.05, 3.63) is 59.2 Å². The van der Waals surface area contributed by atoms with E-state index in [1.807, 2.05) is 5.38 Å². The molecule has 0 aliphatic heterocycles. The second-order valence-corrected chi connectivity index (χ2v) is 6.43. The maximum Gasteiger partial charge on any atom is 0.573 e. The van der Waals surface area contributed by atoms with E-state index < -0.39 is 6.36 Å². The molecule has 0 bridgehead atoms. The number of anilines is 1. The number of ether oxygens (including phenoxy) is 1. The number of benzene rings is 1. The highest BCUT2D eigenvalue weighted by atomic mass is 32.1. The van der Waals surface area contributed by atoms with Gasteiger partial charge in [-0.3, -0.25) is 0 Å². The van der Waals surface area contributed by atoms with Gasteiger partial charge >= 0.3 is 6.36 Å². The van der Waals surface area contributed by atoms with E-state index in [0.717, 1.165) is 5.01 Å². The van der Waals surface area contributed by atoms with Crippen molar-refractivity contribution in [2.75, 3.05) is 5.32 Å². The quantitative estimate of drug-likeness (QED) is 0.548. The summed E-state index contributed by atoms with van der Waals surface area (Å²) in [4.78, 5) is 8.43. The molecule has 27 heavy (non-hydrogen) atoms. The van der Waals surface area contributed by atoms with Gasteiger partial charge < -0.3 is 10.1 Å². The molecule has 4 aromatic rings. The van der Waals surface area contributed by atoms with E-state index in [1.165, 1.54) is 34.1 Å². The van der Waals surface area contributed by atoms with E-state index >= 15 is 0 Å². The Morgan fingerprint density at radius 1 is 1.11 bits per heavy atom. The van der Waals surface area contributed by atoms with Crippen molar-refractivity contribution in [3.63, 3.8) is 0 Å². The van der Waals surface area contributed by atoms with Gasteiger partial charge in [0.25, 0.3) is 0 Å². The Kier molecular flexibility index (Phi) is 4.40. The fourth-order valence-corrected chi connectivity index (χ4v) is 3.09. The van der Waals surface area contributed by atoms with Crippen molar-refractivity contribution < 1.29 is 17.9 Å². The molecule has 4 rings (SSSR count). The zero-order valence-electron chi connectivity index (χ0n) is 13.6. The lowest BCUT2D eigenvalue weighted by Crippen LogP contribution is -2.17. The number of alkyl halides is 3. The summed E-state index contributed by atoms with van der Waals surface area (Å²) in [5, 5.41) is 10.4. The molecule has 3 heterocycles. The highest BCUT2D eigenvalue weighted by molar-refractivity contribution is 7.09. The summed E-state index contributed by atoms with van der Waals surface area (Å²) >= 11 is 1.51. The number of hydrogen-bond donors (Lipinski definition) is 1. The number of para-hydroxylation sites is 1. The van der Waals surface area contributed by atoms with Crippen molar-refractivity contribution in [1.82, 2.24) is 19.6 Å². The van der Waals surface area contributed by atoms with Crippen LogP contribution in [-0.4, -0.2) is 25.9 Å². The summed E-state index contributed by atoms with van der Waals surface area (Å²) in [7, 11) is 0. The SMILES string of the molecule is FC(F)(F)Oc1ccccc1-c1ccc2ncc(NCc3nccs3)n2n1. The number of fused-ring (bicyclic) bond motifs is 1. The predicted molar refractivity (Wildman–Crippen MR) is 94.5 cm³/mol. The molecule has 0 atom stereocenters. The lowest BCUT2D eigenvalue weighted by atomic mass is 10.1. The van der Waals surface area contributed by atoms with Crippen molar-refractivity contribution in [1.29, 1.82) is 0 Å². The first-order valence-corrected chi connectivity index (χ1v) is 8.70.